The van der Waals surface area contributed by atoms with Crippen LogP contribution in [0.15, 0.2) is 20.0 Å². The number of nitrogens with one attached hydrogen (secondary N) is 1. The highest BCUT2D eigenvalue weighted by atomic mass is 79.9. The zero-order chi connectivity index (χ0) is 13.5. The first kappa shape index (κ1) is 13.9. The Morgan fingerprint density at radius 2 is 2.17 bits per heavy atom. The van der Waals surface area contributed by atoms with Gasteiger partial charge in [-0.2, -0.15) is 0 Å². The highest BCUT2D eigenvalue weighted by Gasteiger charge is 2.29. The maximum Gasteiger partial charge on any atom is 0.287 e. The molecule has 0 unspecified atom stereocenters. The van der Waals surface area contributed by atoms with Gasteiger partial charge in [-0.05, 0) is 34.7 Å². The SMILES string of the molecule is CC1CC(NC(=O)c2cc(S(=O)(=O)Cl)c(Br)o2)C1. The lowest BCUT2D eigenvalue weighted by Gasteiger charge is -2.32. The molecule has 0 saturated heterocycles. The molecule has 1 aromatic heterocycles. The van der Waals surface area contributed by atoms with Crippen LogP contribution in [0.1, 0.15) is 30.3 Å². The fraction of sp³-hybridized carbons (Fsp3) is 0.500. The molecule has 0 aliphatic heterocycles. The summed E-state index contributed by atoms with van der Waals surface area (Å²) in [6.07, 6.45) is 1.85. The lowest BCUT2D eigenvalue weighted by Crippen LogP contribution is -2.43. The molecule has 100 valence electrons. The molecule has 18 heavy (non-hydrogen) atoms. The predicted molar refractivity (Wildman–Crippen MR) is 69.1 cm³/mol. The van der Waals surface area contributed by atoms with E-state index in [1.54, 1.807) is 0 Å². The standard InChI is InChI=1S/C10H11BrClNO4S/c1-5-2-6(3-5)13-10(14)7-4-8(9(11)17-7)18(12,15)16/h4-6H,2-3H2,1H3,(H,13,14). The maximum atomic E-state index is 11.8. The van der Waals surface area contributed by atoms with Gasteiger partial charge in [0.15, 0.2) is 10.4 Å². The van der Waals surface area contributed by atoms with Crippen molar-refractivity contribution < 1.29 is 17.6 Å². The molecule has 1 amide bonds. The van der Waals surface area contributed by atoms with Crippen LogP contribution in [-0.2, 0) is 9.05 Å². The van der Waals surface area contributed by atoms with Crippen LogP contribution in [0.3, 0.4) is 0 Å². The summed E-state index contributed by atoms with van der Waals surface area (Å²) in [5.74, 6) is 0.109. The van der Waals surface area contributed by atoms with Gasteiger partial charge in [-0.25, -0.2) is 8.42 Å². The van der Waals surface area contributed by atoms with Gasteiger partial charge in [-0.1, -0.05) is 6.92 Å². The van der Waals surface area contributed by atoms with Crippen LogP contribution >= 0.6 is 26.6 Å². The van der Waals surface area contributed by atoms with Crippen LogP contribution in [-0.4, -0.2) is 20.4 Å². The summed E-state index contributed by atoms with van der Waals surface area (Å²) < 4.78 is 27.3. The second kappa shape index (κ2) is 4.86. The zero-order valence-electron chi connectivity index (χ0n) is 9.44. The number of hydrogen-bond donors (Lipinski definition) is 1. The summed E-state index contributed by atoms with van der Waals surface area (Å²) in [7, 11) is 1.27. The van der Waals surface area contributed by atoms with Crippen molar-refractivity contribution >= 4 is 41.6 Å². The largest absolute Gasteiger partial charge is 0.443 e. The Hall–Kier alpha value is -0.530. The predicted octanol–water partition coefficient (Wildman–Crippen LogP) is 2.50. The molecule has 1 saturated carbocycles. The smallest absolute Gasteiger partial charge is 0.287 e. The van der Waals surface area contributed by atoms with E-state index in [1.165, 1.54) is 0 Å². The topological polar surface area (TPSA) is 76.4 Å². The highest BCUT2D eigenvalue weighted by Crippen LogP contribution is 2.30. The first-order valence-electron chi connectivity index (χ1n) is 5.32. The molecule has 5 nitrogen and oxygen atoms in total. The summed E-state index contributed by atoms with van der Waals surface area (Å²) in [5, 5.41) is 2.76. The number of carbonyl (C=O) groups is 1. The van der Waals surface area contributed by atoms with Crippen LogP contribution in [0.5, 0.6) is 0 Å². The Kier molecular flexibility index (Phi) is 3.75. The van der Waals surface area contributed by atoms with E-state index in [1.807, 2.05) is 0 Å². The van der Waals surface area contributed by atoms with Gasteiger partial charge in [-0.15, -0.1) is 0 Å². The summed E-state index contributed by atoms with van der Waals surface area (Å²) in [6.45, 7) is 2.10. The molecule has 1 fully saturated rings. The van der Waals surface area contributed by atoms with E-state index in [-0.39, 0.29) is 21.4 Å². The monoisotopic (exact) mass is 355 g/mol. The number of carbonyl (C=O) groups excluding carboxylic acids is 1. The number of halogens is 2. The van der Waals surface area contributed by atoms with Crippen molar-refractivity contribution in [2.24, 2.45) is 5.92 Å². The molecule has 8 heteroatoms. The second-order valence-corrected chi connectivity index (χ2v) is 7.69. The first-order chi connectivity index (χ1) is 8.27. The molecule has 2 rings (SSSR count). The van der Waals surface area contributed by atoms with E-state index < -0.39 is 15.0 Å². The molecule has 1 heterocycles. The Morgan fingerprint density at radius 1 is 1.56 bits per heavy atom. The van der Waals surface area contributed by atoms with Crippen LogP contribution < -0.4 is 5.32 Å². The first-order valence-corrected chi connectivity index (χ1v) is 8.42. The fourth-order valence-electron chi connectivity index (χ4n) is 1.91. The van der Waals surface area contributed by atoms with Crippen LogP contribution in [0, 0.1) is 5.92 Å². The van der Waals surface area contributed by atoms with E-state index in [0.717, 1.165) is 18.9 Å². The molecule has 1 aliphatic rings. The Labute approximate surface area is 117 Å². The van der Waals surface area contributed by atoms with Crippen molar-refractivity contribution in [2.45, 2.75) is 30.7 Å². The molecule has 1 aliphatic carbocycles. The molecule has 0 atom stereocenters. The van der Waals surface area contributed by atoms with Gasteiger partial charge in [0.1, 0.15) is 4.90 Å². The Morgan fingerprint density at radius 3 is 2.61 bits per heavy atom. The zero-order valence-corrected chi connectivity index (χ0v) is 12.6. The average molecular weight is 357 g/mol. The summed E-state index contributed by atoms with van der Waals surface area (Å²) in [4.78, 5) is 11.5. The minimum Gasteiger partial charge on any atom is -0.443 e. The van der Waals surface area contributed by atoms with Gasteiger partial charge < -0.3 is 9.73 Å². The second-order valence-electron chi connectivity index (χ2n) is 4.43. The third-order valence-electron chi connectivity index (χ3n) is 2.85. The Balaban J connectivity index is 2.12. The van der Waals surface area contributed by atoms with E-state index in [9.17, 15) is 13.2 Å². The fourth-order valence-corrected chi connectivity index (χ4v) is 3.94. The van der Waals surface area contributed by atoms with Crippen molar-refractivity contribution in [3.05, 3.63) is 16.5 Å². The molecular formula is C10H11BrClNO4S. The third kappa shape index (κ3) is 2.89. The van der Waals surface area contributed by atoms with E-state index in [0.29, 0.717) is 5.92 Å². The average Bonchev–Trinajstić information content (AvgIpc) is 2.57. The number of amides is 1. The third-order valence-corrected chi connectivity index (χ3v) is 5.03. The van der Waals surface area contributed by atoms with Crippen molar-refractivity contribution in [2.75, 3.05) is 0 Å². The molecule has 1 N–H and O–H groups in total. The quantitative estimate of drug-likeness (QED) is 0.844. The van der Waals surface area contributed by atoms with Gasteiger partial charge in [0.25, 0.3) is 15.0 Å². The molecule has 0 aromatic carbocycles. The number of rotatable bonds is 3. The van der Waals surface area contributed by atoms with Gasteiger partial charge in [-0.3, -0.25) is 4.79 Å². The normalized spacial score (nSPS) is 23.5. The minimum atomic E-state index is -3.92. The minimum absolute atomic E-state index is 0.0652. The molecule has 0 bridgehead atoms. The van der Waals surface area contributed by atoms with E-state index in [2.05, 4.69) is 28.2 Å². The highest BCUT2D eigenvalue weighted by molar-refractivity contribution is 9.10. The van der Waals surface area contributed by atoms with Crippen molar-refractivity contribution in [1.29, 1.82) is 0 Å². The van der Waals surface area contributed by atoms with Gasteiger partial charge >= 0.3 is 0 Å². The summed E-state index contributed by atoms with van der Waals surface area (Å²) in [6, 6.07) is 1.25. The van der Waals surface area contributed by atoms with Crippen molar-refractivity contribution in [3.63, 3.8) is 0 Å². The summed E-state index contributed by atoms with van der Waals surface area (Å²) >= 11 is 2.92. The maximum absolute atomic E-state index is 11.8. The lowest BCUT2D eigenvalue weighted by molar-refractivity contribution is 0.0866. The van der Waals surface area contributed by atoms with E-state index >= 15 is 0 Å². The van der Waals surface area contributed by atoms with Crippen molar-refractivity contribution in [1.82, 2.24) is 5.32 Å². The molecule has 0 radical (unpaired) electrons. The lowest BCUT2D eigenvalue weighted by atomic mass is 9.82. The summed E-state index contributed by atoms with van der Waals surface area (Å²) in [5.41, 5.74) is 0. The molecule has 1 aromatic rings. The van der Waals surface area contributed by atoms with Gasteiger partial charge in [0.2, 0.25) is 0 Å². The van der Waals surface area contributed by atoms with Crippen molar-refractivity contribution in [3.8, 4) is 0 Å². The van der Waals surface area contributed by atoms with Gasteiger partial charge in [0.05, 0.1) is 0 Å². The van der Waals surface area contributed by atoms with Crippen LogP contribution in [0.2, 0.25) is 0 Å². The van der Waals surface area contributed by atoms with Crippen LogP contribution in [0.4, 0.5) is 0 Å². The van der Waals surface area contributed by atoms with Gasteiger partial charge in [0, 0.05) is 22.8 Å². The number of hydrogen-bond acceptors (Lipinski definition) is 4. The Bertz CT molecular complexity index is 577. The number of furan rings is 1. The van der Waals surface area contributed by atoms with Crippen LogP contribution in [0.25, 0.3) is 0 Å². The molecular weight excluding hydrogens is 346 g/mol. The van der Waals surface area contributed by atoms with E-state index in [4.69, 9.17) is 15.1 Å². The molecule has 0 spiro atoms.